The summed E-state index contributed by atoms with van der Waals surface area (Å²) >= 11 is 0. The van der Waals surface area contributed by atoms with Gasteiger partial charge >= 0.3 is 0 Å². The first-order chi connectivity index (χ1) is 18.3. The van der Waals surface area contributed by atoms with Crippen LogP contribution in [0.4, 0.5) is 11.4 Å². The Balaban J connectivity index is 1.63. The summed E-state index contributed by atoms with van der Waals surface area (Å²) in [5, 5.41) is 2.66. The molecule has 3 aromatic rings. The summed E-state index contributed by atoms with van der Waals surface area (Å²) in [6.45, 7) is 1.63. The Morgan fingerprint density at radius 3 is 2.26 bits per heavy atom. The topological polar surface area (TPSA) is 105 Å². The van der Waals surface area contributed by atoms with Crippen molar-refractivity contribution in [3.63, 3.8) is 0 Å². The Hall–Kier alpha value is -4.66. The molecule has 196 valence electrons. The van der Waals surface area contributed by atoms with Crippen LogP contribution in [0, 0.1) is 0 Å². The number of amides is 4. The number of hydrogen-bond acceptors (Lipinski definition) is 6. The molecule has 0 radical (unpaired) electrons. The van der Waals surface area contributed by atoms with Crippen LogP contribution >= 0.6 is 0 Å². The lowest BCUT2D eigenvalue weighted by atomic mass is 10.1. The van der Waals surface area contributed by atoms with Gasteiger partial charge in [0.1, 0.15) is 6.04 Å². The van der Waals surface area contributed by atoms with Crippen LogP contribution in [0.5, 0.6) is 11.5 Å². The van der Waals surface area contributed by atoms with E-state index in [-0.39, 0.29) is 18.9 Å². The Bertz CT molecular complexity index is 1340. The van der Waals surface area contributed by atoms with Crippen LogP contribution in [-0.2, 0) is 20.8 Å². The number of carbonyl (C=O) groups excluding carboxylic acids is 4. The van der Waals surface area contributed by atoms with E-state index in [1.807, 2.05) is 30.3 Å². The second-order valence-electron chi connectivity index (χ2n) is 8.82. The first kappa shape index (κ1) is 26.4. The van der Waals surface area contributed by atoms with Crippen LogP contribution in [0.3, 0.4) is 0 Å². The van der Waals surface area contributed by atoms with Crippen molar-refractivity contribution in [1.29, 1.82) is 0 Å². The number of rotatable bonds is 9. The molecule has 0 aromatic heterocycles. The van der Waals surface area contributed by atoms with Gasteiger partial charge in [-0.3, -0.25) is 19.2 Å². The third kappa shape index (κ3) is 5.67. The smallest absolute Gasteiger partial charge is 0.257 e. The van der Waals surface area contributed by atoms with Crippen LogP contribution in [0.1, 0.15) is 29.3 Å². The van der Waals surface area contributed by atoms with Gasteiger partial charge in [0.2, 0.25) is 11.8 Å². The number of benzene rings is 3. The first-order valence-electron chi connectivity index (χ1n) is 12.1. The Morgan fingerprint density at radius 1 is 0.947 bits per heavy atom. The zero-order chi connectivity index (χ0) is 27.2. The van der Waals surface area contributed by atoms with Crippen LogP contribution in [0.15, 0.2) is 72.8 Å². The van der Waals surface area contributed by atoms with Crippen molar-refractivity contribution in [2.45, 2.75) is 25.8 Å². The molecule has 9 nitrogen and oxygen atoms in total. The van der Waals surface area contributed by atoms with E-state index in [0.29, 0.717) is 34.9 Å². The van der Waals surface area contributed by atoms with E-state index in [2.05, 4.69) is 5.32 Å². The summed E-state index contributed by atoms with van der Waals surface area (Å²) in [7, 11) is 2.99. The highest BCUT2D eigenvalue weighted by molar-refractivity contribution is 6.23. The van der Waals surface area contributed by atoms with Gasteiger partial charge < -0.3 is 19.7 Å². The molecule has 9 heteroatoms. The van der Waals surface area contributed by atoms with Crippen molar-refractivity contribution >= 4 is 35.0 Å². The molecule has 1 aliphatic rings. The Kier molecular flexibility index (Phi) is 8.06. The largest absolute Gasteiger partial charge is 0.493 e. The number of methoxy groups -OCH3 is 2. The fourth-order valence-corrected chi connectivity index (χ4v) is 4.46. The van der Waals surface area contributed by atoms with Crippen LogP contribution in [0.2, 0.25) is 0 Å². The van der Waals surface area contributed by atoms with Crippen molar-refractivity contribution in [2.75, 3.05) is 31.0 Å². The highest BCUT2D eigenvalue weighted by Crippen LogP contribution is 2.31. The molecule has 38 heavy (non-hydrogen) atoms. The van der Waals surface area contributed by atoms with E-state index in [1.165, 1.54) is 26.0 Å². The minimum atomic E-state index is -0.971. The lowest BCUT2D eigenvalue weighted by molar-refractivity contribution is -0.122. The van der Waals surface area contributed by atoms with E-state index in [1.54, 1.807) is 42.5 Å². The summed E-state index contributed by atoms with van der Waals surface area (Å²) in [5.74, 6) is -0.650. The third-order valence-corrected chi connectivity index (χ3v) is 6.32. The van der Waals surface area contributed by atoms with E-state index in [4.69, 9.17) is 9.47 Å². The van der Waals surface area contributed by atoms with E-state index < -0.39 is 23.8 Å². The lowest BCUT2D eigenvalue weighted by Gasteiger charge is -2.28. The molecule has 4 rings (SSSR count). The first-order valence-corrected chi connectivity index (χ1v) is 12.1. The normalized spacial score (nSPS) is 14.8. The minimum absolute atomic E-state index is 0.139. The van der Waals surface area contributed by atoms with Gasteiger partial charge in [-0.05, 0) is 54.4 Å². The van der Waals surface area contributed by atoms with Gasteiger partial charge in [-0.2, -0.15) is 0 Å². The van der Waals surface area contributed by atoms with Gasteiger partial charge in [0.15, 0.2) is 11.5 Å². The summed E-state index contributed by atoms with van der Waals surface area (Å²) in [6, 6.07) is 19.9. The van der Waals surface area contributed by atoms with Crippen molar-refractivity contribution in [3.8, 4) is 11.5 Å². The van der Waals surface area contributed by atoms with E-state index in [9.17, 15) is 19.2 Å². The number of carbonyl (C=O) groups is 4. The molecule has 4 amide bonds. The zero-order valence-electron chi connectivity index (χ0n) is 21.5. The summed E-state index contributed by atoms with van der Waals surface area (Å²) < 4.78 is 10.6. The summed E-state index contributed by atoms with van der Waals surface area (Å²) in [6.07, 6.45) is 0.364. The number of imide groups is 1. The molecule has 1 saturated heterocycles. The van der Waals surface area contributed by atoms with Gasteiger partial charge in [-0.15, -0.1) is 0 Å². The predicted molar refractivity (Wildman–Crippen MR) is 142 cm³/mol. The van der Waals surface area contributed by atoms with Crippen molar-refractivity contribution < 1.29 is 28.7 Å². The SMILES string of the molecule is COc1ccc(C(=O)N(CCc2ccccc2)C2CC(=O)N(c3ccc(NC(C)=O)cc3)C2=O)cc1OC. The molecule has 1 fully saturated rings. The maximum Gasteiger partial charge on any atom is 0.257 e. The van der Waals surface area contributed by atoms with Crippen molar-refractivity contribution in [2.24, 2.45) is 0 Å². The molecule has 1 atom stereocenters. The van der Waals surface area contributed by atoms with E-state index >= 15 is 0 Å². The quantitative estimate of drug-likeness (QED) is 0.436. The third-order valence-electron chi connectivity index (χ3n) is 6.32. The van der Waals surface area contributed by atoms with Crippen LogP contribution < -0.4 is 19.7 Å². The van der Waals surface area contributed by atoms with Gasteiger partial charge in [0, 0.05) is 24.7 Å². The fourth-order valence-electron chi connectivity index (χ4n) is 4.46. The monoisotopic (exact) mass is 515 g/mol. The molecular formula is C29H29N3O6. The minimum Gasteiger partial charge on any atom is -0.493 e. The molecule has 1 unspecified atom stereocenters. The predicted octanol–water partition coefficient (Wildman–Crippen LogP) is 3.68. The molecule has 1 N–H and O–H groups in total. The molecule has 1 aliphatic heterocycles. The summed E-state index contributed by atoms with van der Waals surface area (Å²) in [4.78, 5) is 54.3. The molecular weight excluding hydrogens is 486 g/mol. The van der Waals surface area contributed by atoms with Crippen LogP contribution in [0.25, 0.3) is 0 Å². The maximum atomic E-state index is 13.8. The number of nitrogens with one attached hydrogen (secondary N) is 1. The Morgan fingerprint density at radius 2 is 1.63 bits per heavy atom. The zero-order valence-corrected chi connectivity index (χ0v) is 21.5. The molecule has 1 heterocycles. The van der Waals surface area contributed by atoms with Gasteiger partial charge in [-0.1, -0.05) is 30.3 Å². The average Bonchev–Trinajstić information content (AvgIpc) is 3.22. The van der Waals surface area contributed by atoms with Gasteiger partial charge in [0.05, 0.1) is 26.3 Å². The fraction of sp³-hybridized carbons (Fsp3) is 0.241. The molecule has 0 bridgehead atoms. The highest BCUT2D eigenvalue weighted by atomic mass is 16.5. The maximum absolute atomic E-state index is 13.8. The number of hydrogen-bond donors (Lipinski definition) is 1. The van der Waals surface area contributed by atoms with Gasteiger partial charge in [-0.25, -0.2) is 4.90 Å². The molecule has 3 aromatic carbocycles. The highest BCUT2D eigenvalue weighted by Gasteiger charge is 2.44. The van der Waals surface area contributed by atoms with Gasteiger partial charge in [0.25, 0.3) is 11.8 Å². The standard InChI is InChI=1S/C29H29N3O6/c1-19(33)30-22-10-12-23(13-11-22)32-27(34)18-24(29(32)36)31(16-15-20-7-5-4-6-8-20)28(35)21-9-14-25(37-2)26(17-21)38-3/h4-14,17,24H,15-16,18H2,1-3H3,(H,30,33). The van der Waals surface area contributed by atoms with Crippen molar-refractivity contribution in [1.82, 2.24) is 4.90 Å². The van der Waals surface area contributed by atoms with Crippen LogP contribution in [-0.4, -0.2) is 55.3 Å². The number of anilines is 2. The molecule has 0 saturated carbocycles. The van der Waals surface area contributed by atoms with Crippen molar-refractivity contribution in [3.05, 3.63) is 83.9 Å². The Labute approximate surface area is 220 Å². The number of nitrogens with zero attached hydrogens (tertiary/aromatic N) is 2. The molecule has 0 spiro atoms. The average molecular weight is 516 g/mol. The number of ether oxygens (including phenoxy) is 2. The lowest BCUT2D eigenvalue weighted by Crippen LogP contribution is -2.46. The second kappa shape index (κ2) is 11.6. The summed E-state index contributed by atoms with van der Waals surface area (Å²) in [5.41, 5.74) is 2.23. The second-order valence-corrected chi connectivity index (χ2v) is 8.82. The van der Waals surface area contributed by atoms with E-state index in [0.717, 1.165) is 10.5 Å². The molecule has 0 aliphatic carbocycles.